The molecule has 1 heterocycles. The number of hydrogen-bond donors (Lipinski definition) is 2. The Labute approximate surface area is 90.3 Å². The van der Waals surface area contributed by atoms with Crippen molar-refractivity contribution in [1.82, 2.24) is 10.2 Å². The second kappa shape index (κ2) is 6.39. The fourth-order valence-electron chi connectivity index (χ4n) is 1.40. The summed E-state index contributed by atoms with van der Waals surface area (Å²) in [6, 6.07) is 0. The Morgan fingerprint density at radius 1 is 1.33 bits per heavy atom. The van der Waals surface area contributed by atoms with Crippen molar-refractivity contribution in [1.29, 1.82) is 0 Å². The SMILES string of the molecule is O=S(=O)(CCO)OCCN1CCNCC1. The molecule has 6 nitrogen and oxygen atoms in total. The fraction of sp³-hybridized carbons (Fsp3) is 1.00. The smallest absolute Gasteiger partial charge is 0.269 e. The van der Waals surface area contributed by atoms with Crippen LogP contribution in [0.4, 0.5) is 0 Å². The van der Waals surface area contributed by atoms with Gasteiger partial charge in [0, 0.05) is 32.7 Å². The summed E-state index contributed by atoms with van der Waals surface area (Å²) in [4.78, 5) is 2.14. The number of aliphatic hydroxyl groups is 1. The molecule has 1 saturated heterocycles. The van der Waals surface area contributed by atoms with Gasteiger partial charge in [-0.25, -0.2) is 0 Å². The fourth-order valence-corrected chi connectivity index (χ4v) is 2.07. The number of hydrogen-bond acceptors (Lipinski definition) is 6. The molecule has 0 aromatic heterocycles. The molecule has 0 aromatic rings. The van der Waals surface area contributed by atoms with Gasteiger partial charge in [-0.2, -0.15) is 8.42 Å². The van der Waals surface area contributed by atoms with Gasteiger partial charge < -0.3 is 10.4 Å². The van der Waals surface area contributed by atoms with Crippen LogP contribution >= 0.6 is 0 Å². The summed E-state index contributed by atoms with van der Waals surface area (Å²) in [6.45, 7) is 4.10. The Morgan fingerprint density at radius 2 is 2.00 bits per heavy atom. The van der Waals surface area contributed by atoms with Crippen LogP contribution < -0.4 is 5.32 Å². The minimum atomic E-state index is -3.52. The lowest BCUT2D eigenvalue weighted by Gasteiger charge is -2.26. The molecule has 0 spiro atoms. The molecule has 0 saturated carbocycles. The lowest BCUT2D eigenvalue weighted by Crippen LogP contribution is -2.44. The van der Waals surface area contributed by atoms with Crippen LogP contribution in [0.3, 0.4) is 0 Å². The first-order valence-corrected chi connectivity index (χ1v) is 6.63. The van der Waals surface area contributed by atoms with E-state index in [-0.39, 0.29) is 12.4 Å². The van der Waals surface area contributed by atoms with E-state index in [1.54, 1.807) is 0 Å². The number of aliphatic hydroxyl groups excluding tert-OH is 1. The molecule has 0 atom stereocenters. The minimum absolute atomic E-state index is 0.169. The standard InChI is InChI=1S/C8H18N2O4S/c11-6-8-15(12,13)14-7-5-10-3-1-9-2-4-10/h9,11H,1-8H2. The molecule has 1 rings (SSSR count). The van der Waals surface area contributed by atoms with Gasteiger partial charge in [-0.1, -0.05) is 0 Å². The molecule has 7 heteroatoms. The van der Waals surface area contributed by atoms with Crippen LogP contribution in [0.5, 0.6) is 0 Å². The van der Waals surface area contributed by atoms with Gasteiger partial charge in [0.15, 0.2) is 0 Å². The van der Waals surface area contributed by atoms with Gasteiger partial charge in [-0.15, -0.1) is 0 Å². The zero-order chi connectivity index (χ0) is 11.1. The topological polar surface area (TPSA) is 78.9 Å². The summed E-state index contributed by atoms with van der Waals surface area (Å²) in [7, 11) is -3.52. The molecule has 1 fully saturated rings. The minimum Gasteiger partial charge on any atom is -0.395 e. The Kier molecular flexibility index (Phi) is 5.48. The van der Waals surface area contributed by atoms with Gasteiger partial charge in [0.25, 0.3) is 10.1 Å². The van der Waals surface area contributed by atoms with E-state index in [1.165, 1.54) is 0 Å². The third-order valence-electron chi connectivity index (χ3n) is 2.22. The van der Waals surface area contributed by atoms with Crippen LogP contribution in [0.25, 0.3) is 0 Å². The summed E-state index contributed by atoms with van der Waals surface area (Å²) in [5.41, 5.74) is 0. The van der Waals surface area contributed by atoms with Crippen molar-refractivity contribution in [2.24, 2.45) is 0 Å². The highest BCUT2D eigenvalue weighted by molar-refractivity contribution is 7.86. The Morgan fingerprint density at radius 3 is 2.60 bits per heavy atom. The zero-order valence-corrected chi connectivity index (χ0v) is 9.50. The van der Waals surface area contributed by atoms with Crippen molar-refractivity contribution in [3.8, 4) is 0 Å². The molecule has 0 aliphatic carbocycles. The van der Waals surface area contributed by atoms with E-state index in [9.17, 15) is 8.42 Å². The van der Waals surface area contributed by atoms with E-state index in [2.05, 4.69) is 10.2 Å². The Balaban J connectivity index is 2.14. The first-order valence-electron chi connectivity index (χ1n) is 5.05. The van der Waals surface area contributed by atoms with Crippen molar-refractivity contribution in [3.05, 3.63) is 0 Å². The van der Waals surface area contributed by atoms with Crippen molar-refractivity contribution >= 4 is 10.1 Å². The highest BCUT2D eigenvalue weighted by atomic mass is 32.2. The van der Waals surface area contributed by atoms with Crippen molar-refractivity contribution in [2.75, 3.05) is 51.7 Å². The highest BCUT2D eigenvalue weighted by Crippen LogP contribution is 1.96. The van der Waals surface area contributed by atoms with Crippen LogP contribution in [0.2, 0.25) is 0 Å². The molecule has 1 aliphatic rings. The summed E-state index contributed by atoms with van der Waals surface area (Å²) < 4.78 is 26.8. The predicted molar refractivity (Wildman–Crippen MR) is 56.1 cm³/mol. The molecule has 2 N–H and O–H groups in total. The molecule has 0 bridgehead atoms. The molecule has 15 heavy (non-hydrogen) atoms. The summed E-state index contributed by atoms with van der Waals surface area (Å²) >= 11 is 0. The van der Waals surface area contributed by atoms with Crippen LogP contribution in [0.1, 0.15) is 0 Å². The normalized spacial score (nSPS) is 19.3. The average Bonchev–Trinajstić information content (AvgIpc) is 2.19. The zero-order valence-electron chi connectivity index (χ0n) is 8.68. The molecule has 0 radical (unpaired) electrons. The largest absolute Gasteiger partial charge is 0.395 e. The first-order chi connectivity index (χ1) is 7.14. The van der Waals surface area contributed by atoms with Crippen molar-refractivity contribution < 1.29 is 17.7 Å². The Bertz CT molecular complexity index is 262. The molecule has 0 aromatic carbocycles. The van der Waals surface area contributed by atoms with Gasteiger partial charge in [0.2, 0.25) is 0 Å². The number of nitrogens with one attached hydrogen (secondary N) is 1. The molecular weight excluding hydrogens is 220 g/mol. The maximum Gasteiger partial charge on any atom is 0.269 e. The Hall–Kier alpha value is -0.210. The average molecular weight is 238 g/mol. The highest BCUT2D eigenvalue weighted by Gasteiger charge is 2.13. The maximum absolute atomic E-state index is 11.1. The maximum atomic E-state index is 11.1. The lowest BCUT2D eigenvalue weighted by atomic mass is 10.4. The van der Waals surface area contributed by atoms with E-state index in [0.29, 0.717) is 6.54 Å². The lowest BCUT2D eigenvalue weighted by molar-refractivity contribution is 0.193. The number of nitrogens with zero attached hydrogens (tertiary/aromatic N) is 1. The summed E-state index contributed by atoms with van der Waals surface area (Å²) in [6.07, 6.45) is 0. The van der Waals surface area contributed by atoms with Crippen LogP contribution in [-0.2, 0) is 14.3 Å². The van der Waals surface area contributed by atoms with Crippen LogP contribution in [0.15, 0.2) is 0 Å². The third-order valence-corrected chi connectivity index (χ3v) is 3.43. The van der Waals surface area contributed by atoms with Gasteiger partial charge in [-0.05, 0) is 0 Å². The van der Waals surface area contributed by atoms with Gasteiger partial charge in [0.05, 0.1) is 19.0 Å². The molecule has 0 amide bonds. The second-order valence-electron chi connectivity index (χ2n) is 3.40. The molecule has 90 valence electrons. The number of rotatable bonds is 6. The van der Waals surface area contributed by atoms with Crippen LogP contribution in [0, 0.1) is 0 Å². The van der Waals surface area contributed by atoms with Gasteiger partial charge in [-0.3, -0.25) is 9.08 Å². The second-order valence-corrected chi connectivity index (χ2v) is 5.16. The van der Waals surface area contributed by atoms with E-state index in [0.717, 1.165) is 26.2 Å². The van der Waals surface area contributed by atoms with E-state index in [4.69, 9.17) is 9.29 Å². The summed E-state index contributed by atoms with van der Waals surface area (Å²) in [5, 5.41) is 11.7. The van der Waals surface area contributed by atoms with E-state index in [1.807, 2.05) is 0 Å². The third kappa shape index (κ3) is 5.43. The monoisotopic (exact) mass is 238 g/mol. The summed E-state index contributed by atoms with van der Waals surface area (Å²) in [5.74, 6) is -0.325. The quantitative estimate of drug-likeness (QED) is 0.533. The predicted octanol–water partition coefficient (Wildman–Crippen LogP) is -1.77. The van der Waals surface area contributed by atoms with Gasteiger partial charge >= 0.3 is 0 Å². The van der Waals surface area contributed by atoms with E-state index >= 15 is 0 Å². The molecule has 1 aliphatic heterocycles. The van der Waals surface area contributed by atoms with E-state index < -0.39 is 16.7 Å². The van der Waals surface area contributed by atoms with Gasteiger partial charge in [0.1, 0.15) is 0 Å². The van der Waals surface area contributed by atoms with Crippen LogP contribution in [-0.4, -0.2) is 70.1 Å². The first kappa shape index (κ1) is 12.9. The van der Waals surface area contributed by atoms with Crippen molar-refractivity contribution in [3.63, 3.8) is 0 Å². The molecular formula is C8H18N2O4S. The van der Waals surface area contributed by atoms with Crippen molar-refractivity contribution in [2.45, 2.75) is 0 Å². The molecule has 0 unspecified atom stereocenters. The number of piperazine rings is 1.